The summed E-state index contributed by atoms with van der Waals surface area (Å²) in [6, 6.07) is 4.88. The van der Waals surface area contributed by atoms with Gasteiger partial charge in [-0.1, -0.05) is 23.2 Å². The maximum absolute atomic E-state index is 13.3. The third kappa shape index (κ3) is 4.35. The van der Waals surface area contributed by atoms with Crippen LogP contribution in [-0.4, -0.2) is 56.7 Å². The number of aromatic amines is 1. The summed E-state index contributed by atoms with van der Waals surface area (Å²) in [6.07, 6.45) is -2.86. The first-order valence-corrected chi connectivity index (χ1v) is 13.6. The highest BCUT2D eigenvalue weighted by Gasteiger charge is 2.64. The van der Waals surface area contributed by atoms with E-state index in [-0.39, 0.29) is 30.3 Å². The summed E-state index contributed by atoms with van der Waals surface area (Å²) in [6.45, 7) is 1.32. The van der Waals surface area contributed by atoms with Crippen molar-refractivity contribution in [1.29, 1.82) is 0 Å². The number of anilines is 1. The number of nitrogens with two attached hydrogens (primary N) is 1. The van der Waals surface area contributed by atoms with Gasteiger partial charge in [0.15, 0.2) is 29.1 Å². The van der Waals surface area contributed by atoms with Crippen molar-refractivity contribution >= 4 is 54.3 Å². The van der Waals surface area contributed by atoms with Crippen molar-refractivity contribution in [2.75, 3.05) is 18.9 Å². The van der Waals surface area contributed by atoms with Gasteiger partial charge >= 0.3 is 14.0 Å². The molecule has 0 bridgehead atoms. The quantitative estimate of drug-likeness (QED) is 0.328. The number of hydrogen-bond acceptors (Lipinski definition) is 12. The number of fused-ring (bicyclic) bond motifs is 2. The van der Waals surface area contributed by atoms with Crippen LogP contribution >= 0.6 is 31.0 Å². The average Bonchev–Trinajstić information content (AvgIpc) is 3.46. The van der Waals surface area contributed by atoms with Crippen LogP contribution in [-0.2, 0) is 32.3 Å². The Hall–Kier alpha value is -2.71. The van der Waals surface area contributed by atoms with Crippen LogP contribution in [0.2, 0.25) is 10.0 Å². The zero-order chi connectivity index (χ0) is 26.8. The van der Waals surface area contributed by atoms with Gasteiger partial charge < -0.3 is 19.9 Å². The molecule has 3 saturated heterocycles. The van der Waals surface area contributed by atoms with Crippen molar-refractivity contribution in [3.05, 3.63) is 50.5 Å². The number of ether oxygens (including phenoxy) is 3. The van der Waals surface area contributed by atoms with Crippen LogP contribution in [0.3, 0.4) is 0 Å². The molecule has 14 nitrogen and oxygen atoms in total. The standard InChI is InChI=1S/C21H20Cl2N5O9P/c1-21-15(35-20(30)36-21)13(34-18(21)28-8-25-14-16(28)26-19(24)27-17(14)29)7-33-38(31)32-3-2-12(37-38)9-4-10(22)6-11(23)5-9/h4-6,8,12-13,15,18H,2-3,7H2,1H3,(H3,24,26,27,29)/t12-,13-,15-,18-,21-,38+/m1/s1. The van der Waals surface area contributed by atoms with Crippen molar-refractivity contribution in [2.45, 2.75) is 43.5 Å². The normalized spacial score (nSPS) is 32.8. The minimum atomic E-state index is -4.06. The van der Waals surface area contributed by atoms with Crippen LogP contribution in [0.4, 0.5) is 10.7 Å². The molecule has 0 amide bonds. The van der Waals surface area contributed by atoms with Gasteiger partial charge in [0.25, 0.3) is 5.56 Å². The fourth-order valence-corrected chi connectivity index (χ4v) is 6.74. The highest BCUT2D eigenvalue weighted by Crippen LogP contribution is 2.58. The molecule has 2 aromatic heterocycles. The number of rotatable bonds is 5. The highest BCUT2D eigenvalue weighted by molar-refractivity contribution is 7.48. The minimum Gasteiger partial charge on any atom is -0.424 e. The molecule has 5 heterocycles. The summed E-state index contributed by atoms with van der Waals surface area (Å²) in [5.41, 5.74) is 4.51. The zero-order valence-corrected chi connectivity index (χ0v) is 21.9. The second-order valence-corrected chi connectivity index (χ2v) is 11.5. The van der Waals surface area contributed by atoms with Crippen LogP contribution in [0.25, 0.3) is 11.2 Å². The number of nitrogens with zero attached hydrogens (tertiary/aromatic N) is 3. The number of H-pyrrole nitrogens is 1. The summed E-state index contributed by atoms with van der Waals surface area (Å²) in [5.74, 6) is -0.135. The molecule has 3 fully saturated rings. The minimum absolute atomic E-state index is 0.00787. The lowest BCUT2D eigenvalue weighted by Gasteiger charge is -2.30. The van der Waals surface area contributed by atoms with E-state index in [1.54, 1.807) is 25.1 Å². The molecule has 0 aliphatic carbocycles. The highest BCUT2D eigenvalue weighted by atomic mass is 35.5. The molecule has 0 spiro atoms. The molecule has 17 heteroatoms. The van der Waals surface area contributed by atoms with Crippen molar-refractivity contribution in [1.82, 2.24) is 19.5 Å². The topological polar surface area (TPSA) is 179 Å². The lowest BCUT2D eigenvalue weighted by Crippen LogP contribution is -2.42. The predicted molar refractivity (Wildman–Crippen MR) is 131 cm³/mol. The molecule has 38 heavy (non-hydrogen) atoms. The SMILES string of the molecule is C[C@@]12OC(=O)O[C@@H]1[C@@H](CO[P@]1(=O)OCC[C@H](c3cc(Cl)cc(Cl)c3)O1)O[C@H]2n1cnc2c(=O)[nH]c(N)nc21. The van der Waals surface area contributed by atoms with Crippen LogP contribution in [0, 0.1) is 0 Å². The summed E-state index contributed by atoms with van der Waals surface area (Å²) in [4.78, 5) is 34.9. The van der Waals surface area contributed by atoms with E-state index in [1.165, 1.54) is 10.9 Å². The van der Waals surface area contributed by atoms with E-state index in [4.69, 9.17) is 56.7 Å². The number of nitrogen functional groups attached to an aromatic ring is 1. The van der Waals surface area contributed by atoms with E-state index < -0.39 is 49.7 Å². The summed E-state index contributed by atoms with van der Waals surface area (Å²) >= 11 is 12.2. The van der Waals surface area contributed by atoms with Gasteiger partial charge in [0, 0.05) is 16.5 Å². The first-order valence-electron chi connectivity index (χ1n) is 11.4. The number of aromatic nitrogens is 4. The van der Waals surface area contributed by atoms with E-state index in [0.717, 1.165) is 0 Å². The predicted octanol–water partition coefficient (Wildman–Crippen LogP) is 3.50. The van der Waals surface area contributed by atoms with Crippen LogP contribution in [0.1, 0.15) is 31.2 Å². The molecular formula is C21H20Cl2N5O9P. The number of carbonyl (C=O) groups is 1. The average molecular weight is 588 g/mol. The summed E-state index contributed by atoms with van der Waals surface area (Å²) in [7, 11) is -4.06. The van der Waals surface area contributed by atoms with E-state index >= 15 is 0 Å². The van der Waals surface area contributed by atoms with E-state index in [2.05, 4.69) is 15.0 Å². The van der Waals surface area contributed by atoms with Crippen molar-refractivity contribution < 1.29 is 37.1 Å². The number of halogens is 2. The second kappa shape index (κ2) is 9.19. The summed E-state index contributed by atoms with van der Waals surface area (Å²) in [5, 5.41) is 0.799. The van der Waals surface area contributed by atoms with Gasteiger partial charge in [-0.25, -0.2) is 14.3 Å². The second-order valence-electron chi connectivity index (χ2n) is 9.04. The smallest absolute Gasteiger partial charge is 0.424 e. The van der Waals surface area contributed by atoms with Crippen molar-refractivity contribution in [3.63, 3.8) is 0 Å². The Balaban J connectivity index is 1.24. The fourth-order valence-electron chi connectivity index (χ4n) is 4.80. The van der Waals surface area contributed by atoms with Crippen LogP contribution < -0.4 is 11.3 Å². The Bertz CT molecular complexity index is 1530. The van der Waals surface area contributed by atoms with Gasteiger partial charge in [-0.3, -0.25) is 27.9 Å². The molecule has 6 atom stereocenters. The molecule has 3 aromatic rings. The zero-order valence-electron chi connectivity index (χ0n) is 19.5. The number of hydrogen-bond donors (Lipinski definition) is 2. The molecule has 0 unspecified atom stereocenters. The number of nitrogens with one attached hydrogen (secondary N) is 1. The number of benzene rings is 1. The molecule has 0 radical (unpaired) electrons. The van der Waals surface area contributed by atoms with Gasteiger partial charge in [-0.2, -0.15) is 4.98 Å². The van der Waals surface area contributed by atoms with Crippen molar-refractivity contribution in [3.8, 4) is 0 Å². The lowest BCUT2D eigenvalue weighted by molar-refractivity contribution is -0.0925. The van der Waals surface area contributed by atoms with E-state index in [0.29, 0.717) is 22.0 Å². The number of phosphoric ester groups is 1. The Kier molecular flexibility index (Phi) is 6.18. The van der Waals surface area contributed by atoms with Gasteiger partial charge in [-0.15, -0.1) is 0 Å². The third-order valence-corrected chi connectivity index (χ3v) is 8.38. The van der Waals surface area contributed by atoms with Gasteiger partial charge in [0.2, 0.25) is 5.95 Å². The molecule has 6 rings (SSSR count). The Morgan fingerprint density at radius 1 is 1.29 bits per heavy atom. The number of imidazole rings is 1. The summed E-state index contributed by atoms with van der Waals surface area (Å²) < 4.78 is 48.4. The Labute approximate surface area is 223 Å². The Morgan fingerprint density at radius 3 is 2.82 bits per heavy atom. The molecule has 3 N–H and O–H groups in total. The molecule has 1 aromatic carbocycles. The fraction of sp³-hybridized carbons (Fsp3) is 0.429. The monoisotopic (exact) mass is 587 g/mol. The molecule has 202 valence electrons. The van der Waals surface area contributed by atoms with Crippen LogP contribution in [0.15, 0.2) is 29.3 Å². The molecule has 3 aliphatic rings. The first-order chi connectivity index (χ1) is 18.0. The molecular weight excluding hydrogens is 568 g/mol. The number of carbonyl (C=O) groups excluding carboxylic acids is 1. The molecule has 0 saturated carbocycles. The lowest BCUT2D eigenvalue weighted by atomic mass is 9.96. The molecule has 3 aliphatic heterocycles. The van der Waals surface area contributed by atoms with Crippen molar-refractivity contribution in [2.24, 2.45) is 0 Å². The maximum atomic E-state index is 13.3. The van der Waals surface area contributed by atoms with Gasteiger partial charge in [0.05, 0.1) is 25.6 Å². The number of phosphoric acid groups is 1. The largest absolute Gasteiger partial charge is 0.509 e. The maximum Gasteiger partial charge on any atom is 0.509 e. The van der Waals surface area contributed by atoms with Crippen LogP contribution in [0.5, 0.6) is 0 Å². The van der Waals surface area contributed by atoms with E-state index in [1.807, 2.05) is 0 Å². The Morgan fingerprint density at radius 2 is 2.05 bits per heavy atom. The van der Waals surface area contributed by atoms with Gasteiger partial charge in [-0.05, 0) is 30.7 Å². The first kappa shape index (κ1) is 25.6. The van der Waals surface area contributed by atoms with E-state index in [9.17, 15) is 14.2 Å². The van der Waals surface area contributed by atoms with Gasteiger partial charge in [0.1, 0.15) is 6.10 Å². The third-order valence-electron chi connectivity index (χ3n) is 6.47.